The van der Waals surface area contributed by atoms with E-state index >= 15 is 0 Å². The molecule has 0 radical (unpaired) electrons. The molecule has 27 heavy (non-hydrogen) atoms. The molecule has 1 aliphatic heterocycles. The minimum atomic E-state index is 0.857. The third-order valence-corrected chi connectivity index (χ3v) is 7.22. The number of aryl methyl sites for hydroxylation is 3. The number of hydrogen-bond acceptors (Lipinski definition) is 4. The second kappa shape index (κ2) is 7.34. The molecular weight excluding hydrogens is 394 g/mol. The Balaban J connectivity index is 1.77. The van der Waals surface area contributed by atoms with Gasteiger partial charge in [-0.15, -0.1) is 22.7 Å². The zero-order chi connectivity index (χ0) is 19.1. The van der Waals surface area contributed by atoms with Crippen molar-refractivity contribution in [1.29, 1.82) is 0 Å². The number of halogens is 1. The average Bonchev–Trinajstić information content (AvgIpc) is 3.31. The van der Waals surface area contributed by atoms with Crippen molar-refractivity contribution in [3.05, 3.63) is 66.5 Å². The summed E-state index contributed by atoms with van der Waals surface area (Å²) in [6.45, 7) is 8.37. The molecule has 0 fully saturated rings. The zero-order valence-corrected chi connectivity index (χ0v) is 18.3. The number of ether oxygens (including phenoxy) is 1. The topological polar surface area (TPSA) is 12.5 Å². The van der Waals surface area contributed by atoms with E-state index in [9.17, 15) is 0 Å². The molecule has 140 valence electrons. The van der Waals surface area contributed by atoms with Crippen LogP contribution in [-0.4, -0.2) is 20.2 Å². The Bertz CT molecular complexity index is 955. The van der Waals surface area contributed by atoms with Gasteiger partial charge >= 0.3 is 0 Å². The minimum Gasteiger partial charge on any atom is -0.497 e. The van der Waals surface area contributed by atoms with E-state index in [2.05, 4.69) is 49.9 Å². The quantitative estimate of drug-likeness (QED) is 0.463. The first-order valence-electron chi connectivity index (χ1n) is 8.91. The molecule has 1 aliphatic rings. The van der Waals surface area contributed by atoms with Crippen molar-refractivity contribution in [3.63, 3.8) is 0 Å². The molecular formula is C22H22ClNOS2. The molecule has 0 aliphatic carbocycles. The summed E-state index contributed by atoms with van der Waals surface area (Å²) in [5, 5.41) is 0. The van der Waals surface area contributed by atoms with Gasteiger partial charge in [0, 0.05) is 33.4 Å². The van der Waals surface area contributed by atoms with Crippen molar-refractivity contribution in [2.75, 3.05) is 25.1 Å². The Labute approximate surface area is 173 Å². The molecule has 0 spiro atoms. The molecule has 0 saturated carbocycles. The Morgan fingerprint density at radius 1 is 0.889 bits per heavy atom. The molecule has 1 aromatic carbocycles. The summed E-state index contributed by atoms with van der Waals surface area (Å²) in [7, 11) is 1.70. The van der Waals surface area contributed by atoms with Gasteiger partial charge in [-0.25, -0.2) is 0 Å². The van der Waals surface area contributed by atoms with Gasteiger partial charge in [-0.1, -0.05) is 11.6 Å². The summed E-state index contributed by atoms with van der Waals surface area (Å²) in [4.78, 5) is 6.46. The van der Waals surface area contributed by atoms with Gasteiger partial charge in [-0.05, 0) is 79.4 Å². The fraction of sp³-hybridized carbons (Fsp3) is 0.273. The molecule has 0 N–H and O–H groups in total. The summed E-state index contributed by atoms with van der Waals surface area (Å²) in [6, 6.07) is 12.8. The lowest BCUT2D eigenvalue weighted by molar-refractivity contribution is 0.415. The lowest BCUT2D eigenvalue weighted by atomic mass is 9.98. The van der Waals surface area contributed by atoms with E-state index in [0.29, 0.717) is 0 Å². The van der Waals surface area contributed by atoms with Gasteiger partial charge < -0.3 is 9.64 Å². The Morgan fingerprint density at radius 3 is 1.96 bits per heavy atom. The van der Waals surface area contributed by atoms with Gasteiger partial charge in [0.1, 0.15) is 5.75 Å². The molecule has 2 aromatic heterocycles. The first-order chi connectivity index (χ1) is 13.0. The minimum absolute atomic E-state index is 0.857. The smallest absolute Gasteiger partial charge is 0.119 e. The van der Waals surface area contributed by atoms with Crippen LogP contribution < -0.4 is 9.64 Å². The molecule has 0 amide bonds. The predicted octanol–water partition coefficient (Wildman–Crippen LogP) is 6.83. The van der Waals surface area contributed by atoms with Crippen LogP contribution in [0, 0.1) is 20.8 Å². The predicted molar refractivity (Wildman–Crippen MR) is 120 cm³/mol. The number of benzene rings is 1. The second-order valence-electron chi connectivity index (χ2n) is 6.86. The zero-order valence-electron chi connectivity index (χ0n) is 15.9. The molecule has 3 aromatic rings. The fourth-order valence-corrected chi connectivity index (χ4v) is 5.94. The third-order valence-electron chi connectivity index (χ3n) is 5.08. The molecule has 0 unspecified atom stereocenters. The Morgan fingerprint density at radius 2 is 1.48 bits per heavy atom. The summed E-state index contributed by atoms with van der Waals surface area (Å²) >= 11 is 9.87. The van der Waals surface area contributed by atoms with Gasteiger partial charge in [-0.3, -0.25) is 0 Å². The van der Waals surface area contributed by atoms with E-state index < -0.39 is 0 Å². The van der Waals surface area contributed by atoms with E-state index in [0.717, 1.165) is 23.2 Å². The molecule has 5 heteroatoms. The first-order valence-corrected chi connectivity index (χ1v) is 10.9. The second-order valence-corrected chi connectivity index (χ2v) is 10.2. The van der Waals surface area contributed by atoms with E-state index in [-0.39, 0.29) is 0 Å². The van der Waals surface area contributed by atoms with Gasteiger partial charge in [0.05, 0.1) is 11.4 Å². The highest BCUT2D eigenvalue weighted by Gasteiger charge is 2.27. The lowest BCUT2D eigenvalue weighted by Gasteiger charge is -2.19. The van der Waals surface area contributed by atoms with E-state index in [1.807, 2.05) is 23.5 Å². The summed E-state index contributed by atoms with van der Waals surface area (Å²) in [6.07, 6.45) is 0. The van der Waals surface area contributed by atoms with Crippen LogP contribution >= 0.6 is 34.3 Å². The molecule has 3 heterocycles. The van der Waals surface area contributed by atoms with Crippen LogP contribution in [0.25, 0.3) is 11.1 Å². The van der Waals surface area contributed by atoms with Crippen LogP contribution in [0.15, 0.2) is 36.4 Å². The van der Waals surface area contributed by atoms with Crippen LogP contribution in [0.3, 0.4) is 0 Å². The highest BCUT2D eigenvalue weighted by atomic mass is 35.5. The number of nitrogens with zero attached hydrogens (tertiary/aromatic N) is 1. The highest BCUT2D eigenvalue weighted by molar-refractivity contribution is 7.16. The van der Waals surface area contributed by atoms with E-state index in [4.69, 9.17) is 16.3 Å². The van der Waals surface area contributed by atoms with Crippen molar-refractivity contribution in [2.24, 2.45) is 0 Å². The van der Waals surface area contributed by atoms with Gasteiger partial charge in [-0.2, -0.15) is 0 Å². The average molecular weight is 416 g/mol. The molecule has 2 nitrogen and oxygen atoms in total. The summed E-state index contributed by atoms with van der Waals surface area (Å²) in [5.41, 5.74) is 6.70. The fourth-order valence-electron chi connectivity index (χ4n) is 3.78. The largest absolute Gasteiger partial charge is 0.497 e. The maximum atomic E-state index is 6.33. The number of anilines is 1. The lowest BCUT2D eigenvalue weighted by Crippen LogP contribution is -2.20. The number of methoxy groups -OCH3 is 1. The monoisotopic (exact) mass is 415 g/mol. The molecule has 0 saturated heterocycles. The number of rotatable bonds is 4. The Hall–Kier alpha value is -1.75. The SMILES string of the molecule is COc1ccc(N2CC(c3cc(C)sc3C)=C(c3cc(Cl)sc3C)C2)cc1. The molecule has 4 rings (SSSR count). The van der Waals surface area contributed by atoms with Crippen molar-refractivity contribution in [1.82, 2.24) is 0 Å². The van der Waals surface area contributed by atoms with Crippen LogP contribution in [-0.2, 0) is 0 Å². The van der Waals surface area contributed by atoms with Crippen LogP contribution in [0.5, 0.6) is 5.75 Å². The van der Waals surface area contributed by atoms with Crippen LogP contribution in [0.1, 0.15) is 25.8 Å². The highest BCUT2D eigenvalue weighted by Crippen LogP contribution is 2.42. The summed E-state index contributed by atoms with van der Waals surface area (Å²) < 4.78 is 6.17. The van der Waals surface area contributed by atoms with Gasteiger partial charge in [0.2, 0.25) is 0 Å². The van der Waals surface area contributed by atoms with Crippen molar-refractivity contribution in [3.8, 4) is 5.75 Å². The Kier molecular flexibility index (Phi) is 5.06. The number of thiophene rings is 2. The van der Waals surface area contributed by atoms with Crippen molar-refractivity contribution < 1.29 is 4.74 Å². The van der Waals surface area contributed by atoms with E-state index in [1.165, 1.54) is 42.6 Å². The first kappa shape index (κ1) is 18.6. The van der Waals surface area contributed by atoms with Crippen molar-refractivity contribution in [2.45, 2.75) is 20.8 Å². The standard InChI is InChI=1S/C22H22ClNOS2/c1-13-9-18(14(2)26-13)20-11-24(16-5-7-17(25-4)8-6-16)12-21(20)19-10-22(23)27-15(19)3/h5-10H,11-12H2,1-4H3. The van der Waals surface area contributed by atoms with Crippen LogP contribution in [0.4, 0.5) is 5.69 Å². The van der Waals surface area contributed by atoms with Gasteiger partial charge in [0.15, 0.2) is 0 Å². The van der Waals surface area contributed by atoms with E-state index in [1.54, 1.807) is 18.4 Å². The van der Waals surface area contributed by atoms with Crippen LogP contribution in [0.2, 0.25) is 4.34 Å². The van der Waals surface area contributed by atoms with Crippen molar-refractivity contribution >= 4 is 51.1 Å². The summed E-state index contributed by atoms with van der Waals surface area (Å²) in [5.74, 6) is 0.885. The molecule has 0 bridgehead atoms. The number of hydrogen-bond donors (Lipinski definition) is 0. The maximum Gasteiger partial charge on any atom is 0.119 e. The normalized spacial score (nSPS) is 14.3. The maximum absolute atomic E-state index is 6.33. The van der Waals surface area contributed by atoms with Gasteiger partial charge in [0.25, 0.3) is 0 Å². The molecule has 0 atom stereocenters. The third kappa shape index (κ3) is 3.54.